The lowest BCUT2D eigenvalue weighted by molar-refractivity contribution is 1.09. The Balaban J connectivity index is 1.80. The van der Waals surface area contributed by atoms with E-state index in [1.165, 1.54) is 26.9 Å². The van der Waals surface area contributed by atoms with Gasteiger partial charge in [-0.1, -0.05) is 127 Å². The van der Waals surface area contributed by atoms with E-state index in [1.807, 2.05) is 0 Å². The summed E-state index contributed by atoms with van der Waals surface area (Å²) in [5.41, 5.74) is 2.24. The molecule has 0 saturated heterocycles. The highest BCUT2D eigenvalue weighted by Gasteiger charge is 2.35. The van der Waals surface area contributed by atoms with Gasteiger partial charge in [0.15, 0.2) is 0 Å². The normalized spacial score (nSPS) is 11.3. The number of aromatic nitrogens is 1. The largest absolute Gasteiger partial charge is 0.257 e. The van der Waals surface area contributed by atoms with Gasteiger partial charge in [-0.05, 0) is 56.1 Å². The molecule has 0 N–H and O–H groups in total. The minimum absolute atomic E-state index is 0.236. The fourth-order valence-electron chi connectivity index (χ4n) is 4.31. The van der Waals surface area contributed by atoms with Crippen LogP contribution in [0.4, 0.5) is 0 Å². The van der Waals surface area contributed by atoms with E-state index >= 15 is 0 Å². The molecule has 166 valence electrons. The van der Waals surface area contributed by atoms with Gasteiger partial charge >= 0.3 is 0 Å². The Labute approximate surface area is 205 Å². The zero-order valence-electron chi connectivity index (χ0n) is 19.2. The van der Waals surface area contributed by atoms with Gasteiger partial charge in [0.1, 0.15) is 0 Å². The third kappa shape index (κ3) is 5.02. The standard InChI is InChI=1S/C31H27NP2/c1-25-15-14-24-30(32-25)31(33(26-16-6-2-7-17-26)27-18-8-3-9-19-27)34(28-20-10-4-11-21-28)29-22-12-5-13-23-29/h2-24,31H,1H3. The Morgan fingerprint density at radius 3 is 1.12 bits per heavy atom. The first-order chi connectivity index (χ1) is 16.8. The predicted molar refractivity (Wildman–Crippen MR) is 150 cm³/mol. The third-order valence-electron chi connectivity index (χ3n) is 5.80. The van der Waals surface area contributed by atoms with E-state index in [9.17, 15) is 0 Å². The highest BCUT2D eigenvalue weighted by atomic mass is 31.2. The Morgan fingerprint density at radius 1 is 0.441 bits per heavy atom. The molecule has 1 nitrogen and oxygen atoms in total. The molecule has 5 rings (SSSR count). The summed E-state index contributed by atoms with van der Waals surface area (Å²) in [6.07, 6.45) is 0. The highest BCUT2D eigenvalue weighted by molar-refractivity contribution is 7.89. The van der Waals surface area contributed by atoms with Crippen LogP contribution in [0, 0.1) is 6.92 Å². The first-order valence-corrected chi connectivity index (χ1v) is 14.4. The second-order valence-electron chi connectivity index (χ2n) is 8.16. The molecule has 0 aliphatic carbocycles. The summed E-state index contributed by atoms with van der Waals surface area (Å²) in [5.74, 6) is 0. The number of benzene rings is 4. The van der Waals surface area contributed by atoms with Gasteiger partial charge in [0, 0.05) is 5.69 Å². The van der Waals surface area contributed by atoms with Crippen LogP contribution in [0.3, 0.4) is 0 Å². The minimum atomic E-state index is -0.723. The highest BCUT2D eigenvalue weighted by Crippen LogP contribution is 2.65. The summed E-state index contributed by atoms with van der Waals surface area (Å²) in [5, 5.41) is 5.78. The zero-order valence-corrected chi connectivity index (χ0v) is 21.0. The summed E-state index contributed by atoms with van der Waals surface area (Å²) >= 11 is 0. The molecule has 0 atom stereocenters. The molecule has 1 heterocycles. The summed E-state index contributed by atoms with van der Waals surface area (Å²) in [4.78, 5) is 5.15. The Hall–Kier alpha value is -3.11. The van der Waals surface area contributed by atoms with Crippen molar-refractivity contribution in [3.05, 3.63) is 151 Å². The predicted octanol–water partition coefficient (Wildman–Crippen LogP) is 6.65. The third-order valence-corrected chi connectivity index (χ3v) is 12.1. The fraction of sp³-hybridized carbons (Fsp3) is 0.0645. The average Bonchev–Trinajstić information content (AvgIpc) is 2.91. The molecule has 0 aliphatic rings. The van der Waals surface area contributed by atoms with Crippen LogP contribution in [0.2, 0.25) is 0 Å². The van der Waals surface area contributed by atoms with Crippen molar-refractivity contribution < 1.29 is 0 Å². The smallest absolute Gasteiger partial charge is 0.0577 e. The summed E-state index contributed by atoms with van der Waals surface area (Å²) in [6, 6.07) is 50.7. The number of nitrogens with zero attached hydrogens (tertiary/aromatic N) is 1. The molecule has 34 heavy (non-hydrogen) atoms. The molecular formula is C31H27NP2. The molecular weight excluding hydrogens is 448 g/mol. The molecule has 3 heteroatoms. The first kappa shape index (κ1) is 22.7. The molecule has 4 aromatic carbocycles. The van der Waals surface area contributed by atoms with Gasteiger partial charge in [-0.3, -0.25) is 4.98 Å². The lowest BCUT2D eigenvalue weighted by Crippen LogP contribution is -2.23. The van der Waals surface area contributed by atoms with Crippen molar-refractivity contribution in [3.8, 4) is 0 Å². The van der Waals surface area contributed by atoms with Gasteiger partial charge in [-0.15, -0.1) is 0 Å². The fourth-order valence-corrected chi connectivity index (χ4v) is 11.3. The molecule has 5 aromatic rings. The van der Waals surface area contributed by atoms with E-state index in [-0.39, 0.29) is 5.40 Å². The molecule has 0 amide bonds. The van der Waals surface area contributed by atoms with E-state index < -0.39 is 15.8 Å². The second-order valence-corrected chi connectivity index (χ2v) is 13.1. The van der Waals surface area contributed by atoms with Crippen molar-refractivity contribution in [1.82, 2.24) is 4.98 Å². The maximum absolute atomic E-state index is 5.15. The molecule has 0 bridgehead atoms. The number of aryl methyl sites for hydroxylation is 1. The van der Waals surface area contributed by atoms with Gasteiger partial charge in [0.2, 0.25) is 0 Å². The van der Waals surface area contributed by atoms with Crippen molar-refractivity contribution in [1.29, 1.82) is 0 Å². The van der Waals surface area contributed by atoms with Crippen molar-refractivity contribution in [2.45, 2.75) is 12.3 Å². The Kier molecular flexibility index (Phi) is 7.25. The van der Waals surface area contributed by atoms with Crippen molar-refractivity contribution >= 4 is 37.1 Å². The van der Waals surface area contributed by atoms with E-state index in [0.29, 0.717) is 0 Å². The van der Waals surface area contributed by atoms with Crippen LogP contribution >= 0.6 is 15.8 Å². The monoisotopic (exact) mass is 475 g/mol. The summed E-state index contributed by atoms with van der Waals surface area (Å²) in [7, 11) is -1.45. The van der Waals surface area contributed by atoms with E-state index in [0.717, 1.165) is 5.69 Å². The van der Waals surface area contributed by atoms with Crippen LogP contribution in [0.15, 0.2) is 140 Å². The Morgan fingerprint density at radius 2 is 0.794 bits per heavy atom. The van der Waals surface area contributed by atoms with Crippen LogP contribution in [0.25, 0.3) is 0 Å². The summed E-state index contributed by atoms with van der Waals surface area (Å²) < 4.78 is 0. The lowest BCUT2D eigenvalue weighted by Gasteiger charge is -2.35. The SMILES string of the molecule is Cc1cccc(C(P(c2ccccc2)c2ccccc2)P(c2ccccc2)c2ccccc2)n1. The second kappa shape index (κ2) is 10.9. The quantitative estimate of drug-likeness (QED) is 0.240. The maximum Gasteiger partial charge on any atom is 0.0577 e. The number of hydrogen-bond acceptors (Lipinski definition) is 1. The van der Waals surface area contributed by atoms with Gasteiger partial charge in [-0.25, -0.2) is 0 Å². The number of rotatable bonds is 7. The van der Waals surface area contributed by atoms with Crippen molar-refractivity contribution in [2.75, 3.05) is 0 Å². The molecule has 0 aliphatic heterocycles. The number of hydrogen-bond donors (Lipinski definition) is 0. The first-order valence-electron chi connectivity index (χ1n) is 11.5. The topological polar surface area (TPSA) is 12.9 Å². The van der Waals surface area contributed by atoms with Crippen LogP contribution in [-0.4, -0.2) is 4.98 Å². The van der Waals surface area contributed by atoms with Gasteiger partial charge in [-0.2, -0.15) is 0 Å². The number of pyridine rings is 1. The molecule has 0 unspecified atom stereocenters. The molecule has 0 saturated carbocycles. The maximum atomic E-state index is 5.15. The average molecular weight is 476 g/mol. The van der Waals surface area contributed by atoms with Crippen molar-refractivity contribution in [3.63, 3.8) is 0 Å². The van der Waals surface area contributed by atoms with E-state index in [1.54, 1.807) is 0 Å². The van der Waals surface area contributed by atoms with Crippen LogP contribution in [-0.2, 0) is 0 Å². The molecule has 0 spiro atoms. The van der Waals surface area contributed by atoms with Crippen LogP contribution in [0.1, 0.15) is 16.8 Å². The van der Waals surface area contributed by atoms with E-state index in [4.69, 9.17) is 4.98 Å². The zero-order chi connectivity index (χ0) is 23.2. The lowest BCUT2D eigenvalue weighted by atomic mass is 10.3. The van der Waals surface area contributed by atoms with Crippen LogP contribution < -0.4 is 21.2 Å². The minimum Gasteiger partial charge on any atom is -0.257 e. The van der Waals surface area contributed by atoms with Gasteiger partial charge in [0.05, 0.1) is 11.1 Å². The Bertz CT molecular complexity index is 1150. The molecule has 1 aromatic heterocycles. The van der Waals surface area contributed by atoms with Crippen molar-refractivity contribution in [2.24, 2.45) is 0 Å². The molecule has 0 fully saturated rings. The van der Waals surface area contributed by atoms with Gasteiger partial charge < -0.3 is 0 Å². The van der Waals surface area contributed by atoms with Crippen LogP contribution in [0.5, 0.6) is 0 Å². The van der Waals surface area contributed by atoms with Gasteiger partial charge in [0.25, 0.3) is 0 Å². The molecule has 0 radical (unpaired) electrons. The summed E-state index contributed by atoms with van der Waals surface area (Å²) in [6.45, 7) is 2.10. The van der Waals surface area contributed by atoms with E-state index in [2.05, 4.69) is 146 Å².